The lowest BCUT2D eigenvalue weighted by atomic mass is 10.1. The summed E-state index contributed by atoms with van der Waals surface area (Å²) in [5.41, 5.74) is 5.36. The molecule has 1 saturated heterocycles. The molecule has 13 heavy (non-hydrogen) atoms. The molecule has 0 saturated carbocycles. The van der Waals surface area contributed by atoms with Crippen LogP contribution in [-0.4, -0.2) is 42.6 Å². The molecule has 1 heterocycles. The van der Waals surface area contributed by atoms with E-state index < -0.39 is 0 Å². The highest BCUT2D eigenvalue weighted by Gasteiger charge is 2.21. The maximum atomic E-state index is 7.21. The Balaban J connectivity index is 2.36. The van der Waals surface area contributed by atoms with Crippen LogP contribution in [0.3, 0.4) is 0 Å². The van der Waals surface area contributed by atoms with Crippen LogP contribution in [0.5, 0.6) is 0 Å². The van der Waals surface area contributed by atoms with Gasteiger partial charge in [0.1, 0.15) is 0 Å². The molecule has 2 unspecified atom stereocenters. The highest BCUT2D eigenvalue weighted by atomic mass is 16.5. The number of amidine groups is 1. The van der Waals surface area contributed by atoms with E-state index in [1.54, 1.807) is 0 Å². The Morgan fingerprint density at radius 1 is 1.77 bits per heavy atom. The van der Waals surface area contributed by atoms with E-state index in [0.717, 1.165) is 19.7 Å². The molecule has 0 aromatic rings. The molecular weight excluding hydrogens is 166 g/mol. The fourth-order valence-electron chi connectivity index (χ4n) is 1.69. The molecular formula is C9H19N3O. The molecule has 0 spiro atoms. The van der Waals surface area contributed by atoms with E-state index in [4.69, 9.17) is 15.9 Å². The molecule has 0 bridgehead atoms. The van der Waals surface area contributed by atoms with Crippen molar-refractivity contribution in [2.75, 3.05) is 19.7 Å². The molecule has 4 heteroatoms. The van der Waals surface area contributed by atoms with Gasteiger partial charge in [-0.3, -0.25) is 10.3 Å². The lowest BCUT2D eigenvalue weighted by Gasteiger charge is -2.35. The smallest absolute Gasteiger partial charge is 0.0920 e. The molecule has 3 N–H and O–H groups in total. The lowest BCUT2D eigenvalue weighted by molar-refractivity contribution is -0.0304. The van der Waals surface area contributed by atoms with E-state index in [1.165, 1.54) is 0 Å². The highest BCUT2D eigenvalue weighted by Crippen LogP contribution is 2.10. The zero-order valence-electron chi connectivity index (χ0n) is 8.42. The van der Waals surface area contributed by atoms with Crippen molar-refractivity contribution < 1.29 is 4.74 Å². The van der Waals surface area contributed by atoms with Crippen LogP contribution in [0.2, 0.25) is 0 Å². The Morgan fingerprint density at radius 2 is 2.46 bits per heavy atom. The van der Waals surface area contributed by atoms with E-state index in [-0.39, 0.29) is 5.84 Å². The predicted octanol–water partition coefficient (Wildman–Crippen LogP) is 0.422. The van der Waals surface area contributed by atoms with Crippen LogP contribution in [0, 0.1) is 5.41 Å². The van der Waals surface area contributed by atoms with E-state index in [9.17, 15) is 0 Å². The summed E-state index contributed by atoms with van der Waals surface area (Å²) >= 11 is 0. The third-order valence-corrected chi connectivity index (χ3v) is 2.41. The third-order valence-electron chi connectivity index (χ3n) is 2.41. The summed E-state index contributed by atoms with van der Waals surface area (Å²) in [5.74, 6) is 0.270. The normalized spacial score (nSPS) is 27.1. The van der Waals surface area contributed by atoms with Crippen molar-refractivity contribution in [1.29, 1.82) is 5.41 Å². The zero-order chi connectivity index (χ0) is 9.84. The topological polar surface area (TPSA) is 62.3 Å². The van der Waals surface area contributed by atoms with E-state index in [1.807, 2.05) is 0 Å². The van der Waals surface area contributed by atoms with Crippen LogP contribution in [-0.2, 0) is 4.74 Å². The second-order valence-corrected chi connectivity index (χ2v) is 3.75. The van der Waals surface area contributed by atoms with Gasteiger partial charge in [0, 0.05) is 25.6 Å². The van der Waals surface area contributed by atoms with Crippen molar-refractivity contribution in [3.05, 3.63) is 0 Å². The fraction of sp³-hybridized carbons (Fsp3) is 0.889. The Bertz CT molecular complexity index is 184. The third kappa shape index (κ3) is 3.32. The number of ether oxygens (including phenoxy) is 1. The minimum atomic E-state index is 0.270. The van der Waals surface area contributed by atoms with Gasteiger partial charge in [0.2, 0.25) is 0 Å². The van der Waals surface area contributed by atoms with E-state index >= 15 is 0 Å². The molecule has 1 aliphatic rings. The lowest BCUT2D eigenvalue weighted by Crippen LogP contribution is -2.46. The standard InChI is InChI=1S/C9H19N3O/c1-7(5-9(10)11)12-3-4-13-8(2)6-12/h7-8H,3-6H2,1-2H3,(H3,10,11). The van der Waals surface area contributed by atoms with Crippen LogP contribution >= 0.6 is 0 Å². The first kappa shape index (κ1) is 10.5. The zero-order valence-corrected chi connectivity index (χ0v) is 8.42. The largest absolute Gasteiger partial charge is 0.388 e. The number of morpholine rings is 1. The van der Waals surface area contributed by atoms with Gasteiger partial charge in [-0.15, -0.1) is 0 Å². The second-order valence-electron chi connectivity index (χ2n) is 3.75. The van der Waals surface area contributed by atoms with Gasteiger partial charge in [-0.2, -0.15) is 0 Å². The Labute approximate surface area is 79.6 Å². The molecule has 4 nitrogen and oxygen atoms in total. The van der Waals surface area contributed by atoms with Gasteiger partial charge in [0.05, 0.1) is 18.5 Å². The quantitative estimate of drug-likeness (QED) is 0.495. The molecule has 0 aliphatic carbocycles. The van der Waals surface area contributed by atoms with Crippen LogP contribution < -0.4 is 5.73 Å². The maximum Gasteiger partial charge on any atom is 0.0920 e. The van der Waals surface area contributed by atoms with Crippen molar-refractivity contribution in [3.63, 3.8) is 0 Å². The molecule has 1 rings (SSSR count). The fourth-order valence-corrected chi connectivity index (χ4v) is 1.69. The van der Waals surface area contributed by atoms with Crippen molar-refractivity contribution >= 4 is 5.84 Å². The van der Waals surface area contributed by atoms with Gasteiger partial charge >= 0.3 is 0 Å². The maximum absolute atomic E-state index is 7.21. The monoisotopic (exact) mass is 185 g/mol. The van der Waals surface area contributed by atoms with E-state index in [2.05, 4.69) is 18.7 Å². The average molecular weight is 185 g/mol. The Hall–Kier alpha value is -0.610. The summed E-state index contributed by atoms with van der Waals surface area (Å²) < 4.78 is 5.44. The molecule has 0 radical (unpaired) electrons. The van der Waals surface area contributed by atoms with Gasteiger partial charge in [0.25, 0.3) is 0 Å². The molecule has 0 aromatic carbocycles. The van der Waals surface area contributed by atoms with Crippen LogP contribution in [0.25, 0.3) is 0 Å². The Kier molecular flexibility index (Phi) is 3.69. The summed E-state index contributed by atoms with van der Waals surface area (Å²) in [6.45, 7) is 6.89. The molecule has 2 atom stereocenters. The van der Waals surface area contributed by atoms with Gasteiger partial charge < -0.3 is 10.5 Å². The van der Waals surface area contributed by atoms with Gasteiger partial charge in [0.15, 0.2) is 0 Å². The van der Waals surface area contributed by atoms with Crippen LogP contribution in [0.4, 0.5) is 0 Å². The predicted molar refractivity (Wildman–Crippen MR) is 53.0 cm³/mol. The van der Waals surface area contributed by atoms with E-state index in [0.29, 0.717) is 18.6 Å². The number of nitrogens with two attached hydrogens (primary N) is 1. The Morgan fingerprint density at radius 3 is 3.00 bits per heavy atom. The SMILES string of the molecule is CC1CN(C(C)CC(=N)N)CCO1. The second kappa shape index (κ2) is 4.58. The number of rotatable bonds is 3. The van der Waals surface area contributed by atoms with Crippen molar-refractivity contribution in [3.8, 4) is 0 Å². The van der Waals surface area contributed by atoms with Crippen molar-refractivity contribution in [2.45, 2.75) is 32.4 Å². The first-order chi connectivity index (χ1) is 6.09. The summed E-state index contributed by atoms with van der Waals surface area (Å²) in [7, 11) is 0. The highest BCUT2D eigenvalue weighted by molar-refractivity contribution is 5.77. The first-order valence-corrected chi connectivity index (χ1v) is 4.78. The molecule has 76 valence electrons. The van der Waals surface area contributed by atoms with Crippen LogP contribution in [0.1, 0.15) is 20.3 Å². The first-order valence-electron chi connectivity index (χ1n) is 4.78. The number of nitrogens with one attached hydrogen (secondary N) is 1. The van der Waals surface area contributed by atoms with Gasteiger partial charge in [-0.1, -0.05) is 0 Å². The average Bonchev–Trinajstić information content (AvgIpc) is 2.03. The number of hydrogen-bond donors (Lipinski definition) is 2. The number of hydrogen-bond acceptors (Lipinski definition) is 3. The van der Waals surface area contributed by atoms with Gasteiger partial charge in [-0.05, 0) is 13.8 Å². The number of nitrogens with zero attached hydrogens (tertiary/aromatic N) is 1. The van der Waals surface area contributed by atoms with Crippen LogP contribution in [0.15, 0.2) is 0 Å². The van der Waals surface area contributed by atoms with Gasteiger partial charge in [-0.25, -0.2) is 0 Å². The molecule has 0 amide bonds. The van der Waals surface area contributed by atoms with Crippen molar-refractivity contribution in [1.82, 2.24) is 4.90 Å². The van der Waals surface area contributed by atoms with Crippen molar-refractivity contribution in [2.24, 2.45) is 5.73 Å². The summed E-state index contributed by atoms with van der Waals surface area (Å²) in [4.78, 5) is 2.33. The summed E-state index contributed by atoms with van der Waals surface area (Å²) in [5, 5.41) is 7.21. The summed E-state index contributed by atoms with van der Waals surface area (Å²) in [6.07, 6.45) is 0.968. The minimum absolute atomic E-state index is 0.270. The molecule has 1 aliphatic heterocycles. The minimum Gasteiger partial charge on any atom is -0.388 e. The molecule has 0 aromatic heterocycles. The molecule has 1 fully saturated rings. The summed E-state index contributed by atoms with van der Waals surface area (Å²) in [6, 6.07) is 0.365.